The van der Waals surface area contributed by atoms with Crippen molar-refractivity contribution in [1.29, 1.82) is 0 Å². The van der Waals surface area contributed by atoms with E-state index in [0.717, 1.165) is 36.7 Å². The predicted octanol–water partition coefficient (Wildman–Crippen LogP) is 2.59. The van der Waals surface area contributed by atoms with Crippen molar-refractivity contribution in [1.82, 2.24) is 9.97 Å². The van der Waals surface area contributed by atoms with Gasteiger partial charge in [-0.1, -0.05) is 13.8 Å². The average molecular weight is 268 g/mol. The van der Waals surface area contributed by atoms with Gasteiger partial charge in [-0.25, -0.2) is 9.97 Å². The van der Waals surface area contributed by atoms with Gasteiger partial charge in [-0.15, -0.1) is 0 Å². The Hall–Kier alpha value is -0.970. The standard InChI is InChI=1S/C13H24N4S/c1-5-7-12-15-11(14)8-13(16-12)17(3)10(6-2)9-18-4/h8,10H,5-7,9H2,1-4H3,(H2,14,15,16). The second-order valence-electron chi connectivity index (χ2n) is 4.45. The highest BCUT2D eigenvalue weighted by Crippen LogP contribution is 2.19. The van der Waals surface area contributed by atoms with Gasteiger partial charge in [-0.2, -0.15) is 11.8 Å². The van der Waals surface area contributed by atoms with E-state index in [1.54, 1.807) is 0 Å². The Morgan fingerprint density at radius 1 is 1.39 bits per heavy atom. The molecule has 0 aliphatic heterocycles. The first-order valence-electron chi connectivity index (χ1n) is 6.47. The fraction of sp³-hybridized carbons (Fsp3) is 0.692. The molecule has 0 bridgehead atoms. The van der Waals surface area contributed by atoms with E-state index in [4.69, 9.17) is 5.73 Å². The van der Waals surface area contributed by atoms with Crippen molar-refractivity contribution in [3.63, 3.8) is 0 Å². The maximum atomic E-state index is 5.86. The van der Waals surface area contributed by atoms with Gasteiger partial charge in [-0.05, 0) is 19.1 Å². The van der Waals surface area contributed by atoms with Crippen molar-refractivity contribution in [3.8, 4) is 0 Å². The highest BCUT2D eigenvalue weighted by atomic mass is 32.2. The van der Waals surface area contributed by atoms with E-state index >= 15 is 0 Å². The minimum absolute atomic E-state index is 0.490. The van der Waals surface area contributed by atoms with E-state index in [0.29, 0.717) is 11.9 Å². The van der Waals surface area contributed by atoms with Crippen LogP contribution in [0, 0.1) is 0 Å². The van der Waals surface area contributed by atoms with Crippen LogP contribution in [0.5, 0.6) is 0 Å². The van der Waals surface area contributed by atoms with Crippen molar-refractivity contribution >= 4 is 23.4 Å². The van der Waals surface area contributed by atoms with E-state index < -0.39 is 0 Å². The van der Waals surface area contributed by atoms with E-state index in [1.807, 2.05) is 17.8 Å². The highest BCUT2D eigenvalue weighted by Gasteiger charge is 2.15. The lowest BCUT2D eigenvalue weighted by molar-refractivity contribution is 0.662. The van der Waals surface area contributed by atoms with Gasteiger partial charge in [0.2, 0.25) is 0 Å². The SMILES string of the molecule is CCCc1nc(N)cc(N(C)C(CC)CSC)n1. The average Bonchev–Trinajstić information content (AvgIpc) is 2.35. The summed E-state index contributed by atoms with van der Waals surface area (Å²) in [5.74, 6) is 3.44. The summed E-state index contributed by atoms with van der Waals surface area (Å²) < 4.78 is 0. The number of thioether (sulfide) groups is 1. The number of aryl methyl sites for hydroxylation is 1. The zero-order valence-electron chi connectivity index (χ0n) is 11.8. The lowest BCUT2D eigenvalue weighted by atomic mass is 10.2. The molecule has 1 unspecified atom stereocenters. The summed E-state index contributed by atoms with van der Waals surface area (Å²) in [6.07, 6.45) is 5.15. The zero-order valence-corrected chi connectivity index (χ0v) is 12.6. The minimum atomic E-state index is 0.490. The van der Waals surface area contributed by atoms with Crippen molar-refractivity contribution in [2.24, 2.45) is 0 Å². The summed E-state index contributed by atoms with van der Waals surface area (Å²) in [6, 6.07) is 2.35. The van der Waals surface area contributed by atoms with Gasteiger partial charge in [0.1, 0.15) is 17.5 Å². The molecule has 2 N–H and O–H groups in total. The summed E-state index contributed by atoms with van der Waals surface area (Å²) in [4.78, 5) is 11.1. The summed E-state index contributed by atoms with van der Waals surface area (Å²) in [5.41, 5.74) is 5.86. The van der Waals surface area contributed by atoms with E-state index in [9.17, 15) is 0 Å². The molecule has 1 aromatic heterocycles. The molecule has 0 spiro atoms. The Labute approximate surface area is 114 Å². The molecule has 5 heteroatoms. The molecule has 4 nitrogen and oxygen atoms in total. The molecule has 0 fully saturated rings. The van der Waals surface area contributed by atoms with Crippen LogP contribution in [0.25, 0.3) is 0 Å². The zero-order chi connectivity index (χ0) is 13.5. The summed E-state index contributed by atoms with van der Waals surface area (Å²) >= 11 is 1.86. The Bertz CT molecular complexity index is 370. The molecular weight excluding hydrogens is 244 g/mol. The van der Waals surface area contributed by atoms with Gasteiger partial charge >= 0.3 is 0 Å². The lowest BCUT2D eigenvalue weighted by Crippen LogP contribution is -2.34. The van der Waals surface area contributed by atoms with Gasteiger partial charge < -0.3 is 10.6 Å². The number of nitrogen functional groups attached to an aromatic ring is 1. The number of hydrogen-bond donors (Lipinski definition) is 1. The molecule has 18 heavy (non-hydrogen) atoms. The molecule has 0 aromatic carbocycles. The number of nitrogens with two attached hydrogens (primary N) is 1. The van der Waals surface area contributed by atoms with Crippen LogP contribution >= 0.6 is 11.8 Å². The fourth-order valence-electron chi connectivity index (χ4n) is 1.90. The first kappa shape index (κ1) is 15.1. The Morgan fingerprint density at radius 2 is 2.11 bits per heavy atom. The van der Waals surface area contributed by atoms with Gasteiger partial charge in [-0.3, -0.25) is 0 Å². The van der Waals surface area contributed by atoms with Gasteiger partial charge in [0.05, 0.1) is 0 Å². The number of anilines is 2. The molecule has 1 heterocycles. The largest absolute Gasteiger partial charge is 0.384 e. The molecule has 0 amide bonds. The van der Waals surface area contributed by atoms with E-state index in [-0.39, 0.29) is 0 Å². The third kappa shape index (κ3) is 4.05. The van der Waals surface area contributed by atoms with Crippen LogP contribution < -0.4 is 10.6 Å². The predicted molar refractivity (Wildman–Crippen MR) is 81.3 cm³/mol. The number of rotatable bonds is 7. The molecule has 0 saturated carbocycles. The third-order valence-corrected chi connectivity index (χ3v) is 3.71. The number of nitrogens with zero attached hydrogens (tertiary/aromatic N) is 3. The molecule has 1 rings (SSSR count). The lowest BCUT2D eigenvalue weighted by Gasteiger charge is -2.28. The van der Waals surface area contributed by atoms with Gasteiger partial charge in [0.25, 0.3) is 0 Å². The maximum Gasteiger partial charge on any atom is 0.134 e. The molecule has 102 valence electrons. The Balaban J connectivity index is 2.92. The van der Waals surface area contributed by atoms with Crippen LogP contribution in [0.3, 0.4) is 0 Å². The molecule has 0 radical (unpaired) electrons. The summed E-state index contributed by atoms with van der Waals surface area (Å²) in [7, 11) is 2.09. The summed E-state index contributed by atoms with van der Waals surface area (Å²) in [6.45, 7) is 4.33. The van der Waals surface area contributed by atoms with Crippen molar-refractivity contribution < 1.29 is 0 Å². The van der Waals surface area contributed by atoms with Crippen molar-refractivity contribution in [2.45, 2.75) is 39.2 Å². The quantitative estimate of drug-likeness (QED) is 0.823. The molecule has 0 saturated heterocycles. The molecular formula is C13H24N4S. The molecule has 0 aliphatic rings. The van der Waals surface area contributed by atoms with Crippen LogP contribution in [-0.4, -0.2) is 35.1 Å². The first-order valence-corrected chi connectivity index (χ1v) is 7.86. The highest BCUT2D eigenvalue weighted by molar-refractivity contribution is 7.98. The van der Waals surface area contributed by atoms with Crippen LogP contribution in [0.15, 0.2) is 6.07 Å². The van der Waals surface area contributed by atoms with E-state index in [2.05, 4.69) is 42.0 Å². The van der Waals surface area contributed by atoms with Gasteiger partial charge in [0, 0.05) is 31.3 Å². The molecule has 0 aliphatic carbocycles. The fourth-order valence-corrected chi connectivity index (χ4v) is 2.75. The monoisotopic (exact) mass is 268 g/mol. The minimum Gasteiger partial charge on any atom is -0.384 e. The van der Waals surface area contributed by atoms with Gasteiger partial charge in [0.15, 0.2) is 0 Å². The second kappa shape index (κ2) is 7.46. The van der Waals surface area contributed by atoms with Crippen LogP contribution in [0.4, 0.5) is 11.6 Å². The Kier molecular flexibility index (Phi) is 6.25. The van der Waals surface area contributed by atoms with Crippen LogP contribution in [0.2, 0.25) is 0 Å². The van der Waals surface area contributed by atoms with Crippen LogP contribution in [-0.2, 0) is 6.42 Å². The normalized spacial score (nSPS) is 12.4. The second-order valence-corrected chi connectivity index (χ2v) is 5.36. The topological polar surface area (TPSA) is 55.0 Å². The maximum absolute atomic E-state index is 5.86. The Morgan fingerprint density at radius 3 is 2.67 bits per heavy atom. The van der Waals surface area contributed by atoms with Crippen molar-refractivity contribution in [2.75, 3.05) is 29.7 Å². The smallest absolute Gasteiger partial charge is 0.134 e. The van der Waals surface area contributed by atoms with E-state index in [1.165, 1.54) is 0 Å². The molecule has 1 aromatic rings. The first-order chi connectivity index (χ1) is 8.62. The van der Waals surface area contributed by atoms with Crippen LogP contribution in [0.1, 0.15) is 32.5 Å². The van der Waals surface area contributed by atoms with Crippen molar-refractivity contribution in [3.05, 3.63) is 11.9 Å². The summed E-state index contributed by atoms with van der Waals surface area (Å²) in [5, 5.41) is 0. The molecule has 1 atom stereocenters. The number of hydrogen-bond acceptors (Lipinski definition) is 5. The number of aromatic nitrogens is 2. The third-order valence-electron chi connectivity index (χ3n) is 2.99.